The van der Waals surface area contributed by atoms with E-state index in [9.17, 15) is 9.18 Å². The first-order valence-corrected chi connectivity index (χ1v) is 9.27. The number of rotatable bonds is 6. The molecule has 1 heterocycles. The largest absolute Gasteiger partial charge is 0.431 e. The lowest BCUT2D eigenvalue weighted by molar-refractivity contribution is -0.115. The average molecular weight is 385 g/mol. The minimum Gasteiger partial charge on any atom is -0.431 e. The molecule has 2 aromatic carbocycles. The zero-order chi connectivity index (χ0) is 19.4. The van der Waals surface area contributed by atoms with E-state index in [4.69, 9.17) is 4.42 Å². The van der Waals surface area contributed by atoms with Gasteiger partial charge in [0, 0.05) is 31.0 Å². The molecule has 0 fully saturated rings. The molecular formula is C20H20FN3O2S. The Labute approximate surface area is 161 Å². The lowest BCUT2D eigenvalue weighted by atomic mass is 10.2. The molecule has 140 valence electrons. The Bertz CT molecular complexity index is 908. The van der Waals surface area contributed by atoms with Crippen molar-refractivity contribution in [3.63, 3.8) is 0 Å². The summed E-state index contributed by atoms with van der Waals surface area (Å²) in [5, 5.41) is 2.88. The van der Waals surface area contributed by atoms with Crippen molar-refractivity contribution in [2.45, 2.75) is 17.4 Å². The summed E-state index contributed by atoms with van der Waals surface area (Å²) in [4.78, 5) is 18.6. The van der Waals surface area contributed by atoms with Gasteiger partial charge < -0.3 is 14.6 Å². The number of benzene rings is 2. The van der Waals surface area contributed by atoms with Crippen LogP contribution in [0, 0.1) is 5.82 Å². The molecule has 5 nitrogen and oxygen atoms in total. The van der Waals surface area contributed by atoms with E-state index in [1.54, 1.807) is 25.3 Å². The fourth-order valence-electron chi connectivity index (χ4n) is 2.35. The molecule has 3 rings (SSSR count). The number of nitrogens with zero attached hydrogens (tertiary/aromatic N) is 2. The molecule has 1 N–H and O–H groups in total. The molecule has 7 heteroatoms. The molecule has 1 amide bonds. The Morgan fingerprint density at radius 2 is 1.81 bits per heavy atom. The Morgan fingerprint density at radius 1 is 1.15 bits per heavy atom. The van der Waals surface area contributed by atoms with Gasteiger partial charge in [-0.2, -0.15) is 0 Å². The second kappa shape index (κ2) is 8.26. The van der Waals surface area contributed by atoms with Crippen molar-refractivity contribution in [2.75, 3.05) is 24.3 Å². The van der Waals surface area contributed by atoms with E-state index in [1.807, 2.05) is 43.3 Å². The minimum absolute atomic E-state index is 0.140. The average Bonchev–Trinajstić information content (AvgIpc) is 3.11. The van der Waals surface area contributed by atoms with Gasteiger partial charge in [-0.05, 0) is 55.5 Å². The van der Waals surface area contributed by atoms with E-state index in [-0.39, 0.29) is 11.7 Å². The van der Waals surface area contributed by atoms with E-state index in [1.165, 1.54) is 23.9 Å². The van der Waals surface area contributed by atoms with E-state index in [2.05, 4.69) is 10.3 Å². The zero-order valence-corrected chi connectivity index (χ0v) is 16.1. The number of hydrogen-bond acceptors (Lipinski definition) is 5. The monoisotopic (exact) mass is 385 g/mol. The fourth-order valence-corrected chi connectivity index (χ4v) is 3.07. The third kappa shape index (κ3) is 4.89. The standard InChI is InChI=1S/C20H20FN3O2S/c1-13(19(25)23-16-8-10-17(11-9-16)24(2)3)27-20-22-12-18(26-20)14-4-6-15(21)7-5-14/h4-13H,1-3H3,(H,23,25). The number of nitrogens with one attached hydrogen (secondary N) is 1. The maximum atomic E-state index is 13.0. The first-order chi connectivity index (χ1) is 12.9. The fraction of sp³-hybridized carbons (Fsp3) is 0.200. The van der Waals surface area contributed by atoms with Gasteiger partial charge in [-0.15, -0.1) is 0 Å². The molecule has 0 aliphatic rings. The number of amides is 1. The maximum Gasteiger partial charge on any atom is 0.256 e. The molecule has 0 saturated heterocycles. The van der Waals surface area contributed by atoms with E-state index in [0.29, 0.717) is 11.0 Å². The summed E-state index contributed by atoms with van der Waals surface area (Å²) >= 11 is 1.23. The van der Waals surface area contributed by atoms with Gasteiger partial charge in [-0.3, -0.25) is 4.79 Å². The van der Waals surface area contributed by atoms with Crippen molar-refractivity contribution in [2.24, 2.45) is 0 Å². The second-order valence-corrected chi connectivity index (χ2v) is 7.48. The van der Waals surface area contributed by atoms with Crippen LogP contribution in [0.3, 0.4) is 0 Å². The van der Waals surface area contributed by atoms with Crippen molar-refractivity contribution in [3.8, 4) is 11.3 Å². The van der Waals surface area contributed by atoms with Crippen LogP contribution in [0.2, 0.25) is 0 Å². The van der Waals surface area contributed by atoms with E-state index in [0.717, 1.165) is 16.9 Å². The van der Waals surface area contributed by atoms with Crippen LogP contribution >= 0.6 is 11.8 Å². The van der Waals surface area contributed by atoms with Gasteiger partial charge in [0.25, 0.3) is 5.22 Å². The van der Waals surface area contributed by atoms with E-state index >= 15 is 0 Å². The highest BCUT2D eigenvalue weighted by Crippen LogP contribution is 2.28. The van der Waals surface area contributed by atoms with Crippen molar-refractivity contribution in [3.05, 3.63) is 60.5 Å². The molecule has 1 unspecified atom stereocenters. The van der Waals surface area contributed by atoms with Crippen molar-refractivity contribution in [1.29, 1.82) is 0 Å². The molecule has 0 bridgehead atoms. The second-order valence-electron chi connectivity index (χ2n) is 6.19. The van der Waals surface area contributed by atoms with Crippen molar-refractivity contribution < 1.29 is 13.6 Å². The summed E-state index contributed by atoms with van der Waals surface area (Å²) < 4.78 is 18.7. The summed E-state index contributed by atoms with van der Waals surface area (Å²) in [7, 11) is 3.92. The minimum atomic E-state index is -0.391. The molecule has 0 spiro atoms. The number of carbonyl (C=O) groups excluding carboxylic acids is 1. The zero-order valence-electron chi connectivity index (χ0n) is 15.3. The number of hydrogen-bond donors (Lipinski definition) is 1. The van der Waals surface area contributed by atoms with Crippen LogP contribution in [0.25, 0.3) is 11.3 Å². The summed E-state index contributed by atoms with van der Waals surface area (Å²) in [6, 6.07) is 13.6. The van der Waals surface area contributed by atoms with Gasteiger partial charge in [0.1, 0.15) is 5.82 Å². The van der Waals surface area contributed by atoms with Crippen LogP contribution in [0.1, 0.15) is 6.92 Å². The van der Waals surface area contributed by atoms with Gasteiger partial charge in [0.05, 0.1) is 11.4 Å². The Kier molecular flexibility index (Phi) is 5.81. The van der Waals surface area contributed by atoms with Crippen LogP contribution < -0.4 is 10.2 Å². The van der Waals surface area contributed by atoms with E-state index < -0.39 is 5.25 Å². The van der Waals surface area contributed by atoms with Crippen LogP contribution in [0.15, 0.2) is 64.4 Å². The Hall–Kier alpha value is -2.80. The topological polar surface area (TPSA) is 58.4 Å². The smallest absolute Gasteiger partial charge is 0.256 e. The van der Waals surface area contributed by atoms with Gasteiger partial charge in [0.2, 0.25) is 5.91 Å². The maximum absolute atomic E-state index is 13.0. The van der Waals surface area contributed by atoms with Gasteiger partial charge >= 0.3 is 0 Å². The van der Waals surface area contributed by atoms with Crippen molar-refractivity contribution >= 4 is 29.0 Å². The lowest BCUT2D eigenvalue weighted by Crippen LogP contribution is -2.22. The molecular weight excluding hydrogens is 365 g/mol. The van der Waals surface area contributed by atoms with Crippen LogP contribution in [0.4, 0.5) is 15.8 Å². The third-order valence-electron chi connectivity index (χ3n) is 3.91. The molecule has 3 aromatic rings. The number of carbonyl (C=O) groups is 1. The van der Waals surface area contributed by atoms with Crippen LogP contribution in [-0.2, 0) is 4.79 Å². The highest BCUT2D eigenvalue weighted by atomic mass is 32.2. The highest BCUT2D eigenvalue weighted by Gasteiger charge is 2.18. The molecule has 0 aliphatic carbocycles. The molecule has 1 atom stereocenters. The first kappa shape index (κ1) is 19.0. The summed E-state index contributed by atoms with van der Waals surface area (Å²) in [6.45, 7) is 1.79. The summed E-state index contributed by atoms with van der Waals surface area (Å²) in [5.74, 6) is 0.0836. The lowest BCUT2D eigenvalue weighted by Gasteiger charge is -2.14. The molecule has 0 aliphatic heterocycles. The number of aromatic nitrogens is 1. The van der Waals surface area contributed by atoms with Gasteiger partial charge in [-0.25, -0.2) is 9.37 Å². The number of oxazole rings is 1. The molecule has 0 saturated carbocycles. The molecule has 0 radical (unpaired) electrons. The molecule has 1 aromatic heterocycles. The third-order valence-corrected chi connectivity index (χ3v) is 4.87. The van der Waals surface area contributed by atoms with Crippen LogP contribution in [-0.4, -0.2) is 30.2 Å². The van der Waals surface area contributed by atoms with Gasteiger partial charge in [-0.1, -0.05) is 11.8 Å². The predicted octanol–water partition coefficient (Wildman–Crippen LogP) is 4.67. The van der Waals surface area contributed by atoms with Gasteiger partial charge in [0.15, 0.2) is 5.76 Å². The summed E-state index contributed by atoms with van der Waals surface area (Å²) in [6.07, 6.45) is 1.57. The number of anilines is 2. The Balaban J connectivity index is 1.60. The first-order valence-electron chi connectivity index (χ1n) is 8.39. The number of thioether (sulfide) groups is 1. The number of halogens is 1. The normalized spacial score (nSPS) is 11.9. The Morgan fingerprint density at radius 3 is 2.44 bits per heavy atom. The summed E-state index contributed by atoms with van der Waals surface area (Å²) in [5.41, 5.74) is 2.52. The quantitative estimate of drug-likeness (QED) is 0.625. The highest BCUT2D eigenvalue weighted by molar-refractivity contribution is 8.00. The molecule has 27 heavy (non-hydrogen) atoms. The van der Waals surface area contributed by atoms with Crippen molar-refractivity contribution in [1.82, 2.24) is 4.98 Å². The predicted molar refractivity (Wildman–Crippen MR) is 107 cm³/mol. The SMILES string of the molecule is CC(Sc1ncc(-c2ccc(F)cc2)o1)C(=O)Nc1ccc(N(C)C)cc1. The van der Waals surface area contributed by atoms with Crippen LogP contribution in [0.5, 0.6) is 0 Å².